The average Bonchev–Trinajstić information content (AvgIpc) is 3.51. The van der Waals surface area contributed by atoms with Crippen molar-refractivity contribution >= 4 is 11.9 Å². The summed E-state index contributed by atoms with van der Waals surface area (Å²) in [5.74, 6) is 0.707. The Balaban J connectivity index is 2.09. The highest BCUT2D eigenvalue weighted by Gasteiger charge is 2.29. The minimum absolute atomic E-state index is 0.0228. The van der Waals surface area contributed by atoms with Gasteiger partial charge in [0.1, 0.15) is 6.10 Å². The molecular weight excluding hydrogens is 659 g/mol. The molecule has 314 valence electrons. The molecule has 0 amide bonds. The summed E-state index contributed by atoms with van der Waals surface area (Å²) in [6.45, 7) is 13.6. The Bertz CT molecular complexity index is 790. The predicted octanol–water partition coefficient (Wildman–Crippen LogP) is 13.7. The van der Waals surface area contributed by atoms with Crippen LogP contribution < -0.4 is 0 Å². The maximum absolute atomic E-state index is 12.7. The molecule has 1 heterocycles. The molecule has 1 aliphatic rings. The van der Waals surface area contributed by atoms with Crippen LogP contribution in [-0.2, 0) is 23.8 Å². The largest absolute Gasteiger partial charge is 0.466 e. The van der Waals surface area contributed by atoms with Crippen LogP contribution >= 0.6 is 0 Å². The van der Waals surface area contributed by atoms with Crippen molar-refractivity contribution in [2.75, 3.05) is 32.9 Å². The molecule has 0 bridgehead atoms. The zero-order valence-corrected chi connectivity index (χ0v) is 36.1. The van der Waals surface area contributed by atoms with Crippen molar-refractivity contribution in [3.05, 3.63) is 0 Å². The van der Waals surface area contributed by atoms with E-state index >= 15 is 0 Å². The van der Waals surface area contributed by atoms with E-state index in [2.05, 4.69) is 32.6 Å². The molecule has 0 aliphatic carbocycles. The number of nitrogens with zero attached hydrogens (tertiary/aromatic N) is 1. The van der Waals surface area contributed by atoms with Gasteiger partial charge >= 0.3 is 11.9 Å². The van der Waals surface area contributed by atoms with Gasteiger partial charge in [0.25, 0.3) is 0 Å². The third kappa shape index (κ3) is 31.7. The predicted molar refractivity (Wildman–Crippen MR) is 226 cm³/mol. The number of carbonyl (C=O) groups is 2. The Hall–Kier alpha value is -1.14. The van der Waals surface area contributed by atoms with Gasteiger partial charge in [-0.05, 0) is 76.7 Å². The molecule has 6 nitrogen and oxygen atoms in total. The van der Waals surface area contributed by atoms with E-state index < -0.39 is 0 Å². The number of ether oxygens (including phenoxy) is 3. The molecule has 0 aromatic rings. The smallest absolute Gasteiger partial charge is 0.306 e. The highest BCUT2D eigenvalue weighted by Crippen LogP contribution is 2.24. The molecule has 1 rings (SSSR count). The van der Waals surface area contributed by atoms with Crippen LogP contribution in [0.15, 0.2) is 0 Å². The maximum atomic E-state index is 12.7. The van der Waals surface area contributed by atoms with Gasteiger partial charge in [0.05, 0.1) is 13.2 Å². The van der Waals surface area contributed by atoms with Crippen LogP contribution in [0.25, 0.3) is 0 Å². The van der Waals surface area contributed by atoms with Crippen molar-refractivity contribution in [1.82, 2.24) is 4.90 Å². The normalized spacial score (nSPS) is 16.2. The third-order valence-corrected chi connectivity index (χ3v) is 11.4. The lowest BCUT2D eigenvalue weighted by atomic mass is 10.0. The third-order valence-electron chi connectivity index (χ3n) is 11.4. The molecule has 0 aromatic carbocycles. The van der Waals surface area contributed by atoms with Gasteiger partial charge < -0.3 is 14.2 Å². The molecule has 6 heteroatoms. The quantitative estimate of drug-likeness (QED) is 0.0459. The standard InChI is InChI=1S/C47H91NO5/c1-5-8-11-14-17-18-19-25-32-39-52-46(49)35-29-30-37-48-41-43(4)40-44(48)42-51-38-31-24-20-23-28-36-47(50)53-45(33-26-21-15-12-9-6-2)34-27-22-16-13-10-7-3/h43-45H,5-42H2,1-4H3/t43?,44-/m0/s1. The Morgan fingerprint density at radius 2 is 1.00 bits per heavy atom. The summed E-state index contributed by atoms with van der Waals surface area (Å²) in [5, 5.41) is 0. The minimum atomic E-state index is -0.0228. The molecule has 1 saturated heterocycles. The van der Waals surface area contributed by atoms with Crippen LogP contribution in [0.4, 0.5) is 0 Å². The molecule has 0 saturated carbocycles. The zero-order valence-electron chi connectivity index (χ0n) is 36.1. The second kappa shape index (κ2) is 37.8. The Kier molecular flexibility index (Phi) is 35.5. The summed E-state index contributed by atoms with van der Waals surface area (Å²) in [4.78, 5) is 27.5. The van der Waals surface area contributed by atoms with Gasteiger partial charge in [-0.1, -0.05) is 163 Å². The average molecular weight is 750 g/mol. The minimum Gasteiger partial charge on any atom is -0.466 e. The van der Waals surface area contributed by atoms with E-state index in [0.717, 1.165) is 90.5 Å². The Labute approximate surface area is 330 Å². The van der Waals surface area contributed by atoms with Crippen LogP contribution in [-0.4, -0.2) is 61.9 Å². The monoisotopic (exact) mass is 750 g/mol. The molecule has 0 spiro atoms. The molecule has 1 unspecified atom stereocenters. The summed E-state index contributed by atoms with van der Waals surface area (Å²) >= 11 is 0. The molecule has 0 N–H and O–H groups in total. The summed E-state index contributed by atoms with van der Waals surface area (Å²) in [6, 6.07) is 0.501. The molecular formula is C47H91NO5. The lowest BCUT2D eigenvalue weighted by molar-refractivity contribution is -0.150. The van der Waals surface area contributed by atoms with Crippen molar-refractivity contribution in [3.63, 3.8) is 0 Å². The van der Waals surface area contributed by atoms with E-state index in [1.807, 2.05) is 0 Å². The highest BCUT2D eigenvalue weighted by atomic mass is 16.5. The fraction of sp³-hybridized carbons (Fsp3) is 0.957. The lowest BCUT2D eigenvalue weighted by Gasteiger charge is -2.24. The van der Waals surface area contributed by atoms with Crippen LogP contribution in [0.2, 0.25) is 0 Å². The van der Waals surface area contributed by atoms with Crippen molar-refractivity contribution in [3.8, 4) is 0 Å². The molecule has 1 fully saturated rings. The zero-order chi connectivity index (χ0) is 38.5. The SMILES string of the molecule is CCCCCCCCCCCOC(=O)CCCCN1CC(C)C[C@H]1COCCCCCCCC(=O)OC(CCCCCCCC)CCCCCCCC. The second-order valence-corrected chi connectivity index (χ2v) is 16.8. The fourth-order valence-electron chi connectivity index (χ4n) is 7.97. The van der Waals surface area contributed by atoms with E-state index in [0.29, 0.717) is 31.4 Å². The summed E-state index contributed by atoms with van der Waals surface area (Å²) in [7, 11) is 0. The van der Waals surface area contributed by atoms with Crippen LogP contribution in [0, 0.1) is 5.92 Å². The second-order valence-electron chi connectivity index (χ2n) is 16.8. The Morgan fingerprint density at radius 3 is 1.57 bits per heavy atom. The summed E-state index contributed by atoms with van der Waals surface area (Å²) in [6.07, 6.45) is 38.9. The molecule has 53 heavy (non-hydrogen) atoms. The van der Waals surface area contributed by atoms with Crippen molar-refractivity contribution in [2.45, 2.75) is 252 Å². The first-order chi connectivity index (χ1) is 26.0. The molecule has 0 radical (unpaired) electrons. The van der Waals surface area contributed by atoms with E-state index in [-0.39, 0.29) is 18.0 Å². The van der Waals surface area contributed by atoms with E-state index in [4.69, 9.17) is 14.2 Å². The van der Waals surface area contributed by atoms with Gasteiger partial charge in [-0.25, -0.2) is 0 Å². The number of unbranched alkanes of at least 4 members (excludes halogenated alkanes) is 23. The fourth-order valence-corrected chi connectivity index (χ4v) is 7.97. The highest BCUT2D eigenvalue weighted by molar-refractivity contribution is 5.69. The van der Waals surface area contributed by atoms with Crippen molar-refractivity contribution in [2.24, 2.45) is 5.92 Å². The lowest BCUT2D eigenvalue weighted by Crippen LogP contribution is -2.34. The molecule has 1 aliphatic heterocycles. The van der Waals surface area contributed by atoms with Gasteiger partial charge in [-0.3, -0.25) is 14.5 Å². The molecule has 2 atom stereocenters. The van der Waals surface area contributed by atoms with Crippen molar-refractivity contribution in [1.29, 1.82) is 0 Å². The van der Waals surface area contributed by atoms with E-state index in [9.17, 15) is 9.59 Å². The van der Waals surface area contributed by atoms with Crippen molar-refractivity contribution < 1.29 is 23.8 Å². The number of likely N-dealkylation sites (tertiary alicyclic amines) is 1. The number of carbonyl (C=O) groups excluding carboxylic acids is 2. The van der Waals surface area contributed by atoms with E-state index in [1.165, 1.54) is 135 Å². The van der Waals surface area contributed by atoms with Crippen LogP contribution in [0.1, 0.15) is 240 Å². The topological polar surface area (TPSA) is 65.1 Å². The number of esters is 2. The summed E-state index contributed by atoms with van der Waals surface area (Å²) < 4.78 is 17.7. The number of hydrogen-bond acceptors (Lipinski definition) is 6. The summed E-state index contributed by atoms with van der Waals surface area (Å²) in [5.41, 5.74) is 0. The number of hydrogen-bond donors (Lipinski definition) is 0. The van der Waals surface area contributed by atoms with Gasteiger partial charge in [0.15, 0.2) is 0 Å². The van der Waals surface area contributed by atoms with Crippen LogP contribution in [0.3, 0.4) is 0 Å². The van der Waals surface area contributed by atoms with E-state index in [1.54, 1.807) is 0 Å². The first-order valence-electron chi connectivity index (χ1n) is 23.7. The number of rotatable bonds is 40. The van der Waals surface area contributed by atoms with Gasteiger partial charge in [-0.2, -0.15) is 0 Å². The van der Waals surface area contributed by atoms with Crippen LogP contribution in [0.5, 0.6) is 0 Å². The maximum Gasteiger partial charge on any atom is 0.306 e. The van der Waals surface area contributed by atoms with Gasteiger partial charge in [0.2, 0.25) is 0 Å². The first-order valence-corrected chi connectivity index (χ1v) is 23.7. The van der Waals surface area contributed by atoms with Gasteiger partial charge in [0, 0.05) is 32.0 Å². The van der Waals surface area contributed by atoms with Gasteiger partial charge in [-0.15, -0.1) is 0 Å². The molecule has 0 aromatic heterocycles. The Morgan fingerprint density at radius 1 is 0.547 bits per heavy atom. The first kappa shape index (κ1) is 49.9.